The van der Waals surface area contributed by atoms with Crippen LogP contribution in [-0.2, 0) is 11.2 Å². The maximum Gasteiger partial charge on any atom is 0.308 e. The number of carbonyl (C=O) groups excluding carboxylic acids is 1. The van der Waals surface area contributed by atoms with Gasteiger partial charge >= 0.3 is 5.97 Å². The summed E-state index contributed by atoms with van der Waals surface area (Å²) >= 11 is 0. The number of hydrogen-bond acceptors (Lipinski definition) is 5. The summed E-state index contributed by atoms with van der Waals surface area (Å²) in [6, 6.07) is 9.45. The molecule has 2 N–H and O–H groups in total. The number of halogens is 1. The maximum atomic E-state index is 14.2. The van der Waals surface area contributed by atoms with Crippen LogP contribution < -0.4 is 19.5 Å². The molecular formula is C20H22FNO6. The van der Waals surface area contributed by atoms with Gasteiger partial charge in [0.25, 0.3) is 5.91 Å². The number of aliphatic carboxylic acids is 1. The molecule has 0 saturated heterocycles. The molecule has 1 amide bonds. The summed E-state index contributed by atoms with van der Waals surface area (Å²) in [5.41, 5.74) is 0.347. The third-order valence-corrected chi connectivity index (χ3v) is 4.24. The molecule has 2 aromatic carbocycles. The Kier molecular flexibility index (Phi) is 7.20. The Hall–Kier alpha value is -3.29. The SMILES string of the molecule is COc1ccccc1CC(CNC(=O)c1c(F)ccc(OC)c1OC)C(=O)O. The molecule has 0 bridgehead atoms. The molecule has 28 heavy (non-hydrogen) atoms. The Balaban J connectivity index is 2.18. The molecule has 0 aliphatic heterocycles. The second-order valence-electron chi connectivity index (χ2n) is 5.92. The minimum atomic E-state index is -1.09. The van der Waals surface area contributed by atoms with Crippen molar-refractivity contribution in [2.75, 3.05) is 27.9 Å². The van der Waals surface area contributed by atoms with E-state index in [1.807, 2.05) is 0 Å². The molecule has 7 nitrogen and oxygen atoms in total. The molecule has 2 aromatic rings. The van der Waals surface area contributed by atoms with E-state index in [1.165, 1.54) is 27.4 Å². The summed E-state index contributed by atoms with van der Waals surface area (Å²) < 4.78 is 29.6. The van der Waals surface area contributed by atoms with Crippen LogP contribution in [0.25, 0.3) is 0 Å². The minimum absolute atomic E-state index is 0.0587. The van der Waals surface area contributed by atoms with Gasteiger partial charge in [0, 0.05) is 6.54 Å². The van der Waals surface area contributed by atoms with Crippen LogP contribution >= 0.6 is 0 Å². The maximum absolute atomic E-state index is 14.2. The highest BCUT2D eigenvalue weighted by Crippen LogP contribution is 2.32. The predicted molar refractivity (Wildman–Crippen MR) is 99.7 cm³/mol. The van der Waals surface area contributed by atoms with E-state index in [4.69, 9.17) is 14.2 Å². The Labute approximate surface area is 162 Å². The van der Waals surface area contributed by atoms with Crippen LogP contribution in [0.3, 0.4) is 0 Å². The number of hydrogen-bond donors (Lipinski definition) is 2. The molecule has 0 radical (unpaired) electrons. The molecule has 1 unspecified atom stereocenters. The summed E-state index contributed by atoms with van der Waals surface area (Å²) in [5, 5.41) is 12.0. The van der Waals surface area contributed by atoms with Crippen molar-refractivity contribution in [3.63, 3.8) is 0 Å². The largest absolute Gasteiger partial charge is 0.496 e. The van der Waals surface area contributed by atoms with Gasteiger partial charge in [-0.15, -0.1) is 0 Å². The van der Waals surface area contributed by atoms with Gasteiger partial charge in [-0.25, -0.2) is 4.39 Å². The molecule has 0 fully saturated rings. The van der Waals surface area contributed by atoms with E-state index in [2.05, 4.69) is 5.32 Å². The predicted octanol–water partition coefficient (Wildman–Crippen LogP) is 2.52. The van der Waals surface area contributed by atoms with Crippen LogP contribution in [0, 0.1) is 11.7 Å². The van der Waals surface area contributed by atoms with Gasteiger partial charge < -0.3 is 24.6 Å². The van der Waals surface area contributed by atoms with Gasteiger partial charge in [-0.2, -0.15) is 0 Å². The zero-order valence-electron chi connectivity index (χ0n) is 15.8. The minimum Gasteiger partial charge on any atom is -0.496 e. The number of methoxy groups -OCH3 is 3. The number of amides is 1. The molecule has 0 saturated carbocycles. The van der Waals surface area contributed by atoms with E-state index in [1.54, 1.807) is 24.3 Å². The lowest BCUT2D eigenvalue weighted by Crippen LogP contribution is -2.34. The first kappa shape index (κ1) is 21.0. The number of ether oxygens (including phenoxy) is 3. The van der Waals surface area contributed by atoms with Crippen molar-refractivity contribution in [3.05, 3.63) is 53.3 Å². The monoisotopic (exact) mass is 391 g/mol. The van der Waals surface area contributed by atoms with Crippen LogP contribution in [0.15, 0.2) is 36.4 Å². The Bertz CT molecular complexity index is 855. The number of benzene rings is 2. The standard InChI is InChI=1S/C20H22FNO6/c1-26-15-7-5-4-6-12(15)10-13(20(24)25)11-22-19(23)17-14(21)8-9-16(27-2)18(17)28-3/h4-9,13H,10-11H2,1-3H3,(H,22,23)(H,24,25). The summed E-state index contributed by atoms with van der Waals surface area (Å²) in [6.45, 7) is -0.202. The third-order valence-electron chi connectivity index (χ3n) is 4.24. The van der Waals surface area contributed by atoms with E-state index >= 15 is 0 Å². The Morgan fingerprint density at radius 1 is 1.04 bits per heavy atom. The highest BCUT2D eigenvalue weighted by atomic mass is 19.1. The first-order valence-electron chi connectivity index (χ1n) is 8.46. The van der Waals surface area contributed by atoms with Crippen molar-refractivity contribution in [1.29, 1.82) is 0 Å². The van der Waals surface area contributed by atoms with Gasteiger partial charge in [-0.05, 0) is 30.2 Å². The second-order valence-corrected chi connectivity index (χ2v) is 5.92. The topological polar surface area (TPSA) is 94.1 Å². The summed E-state index contributed by atoms with van der Waals surface area (Å²) in [5.74, 6) is -2.93. The van der Waals surface area contributed by atoms with Crippen LogP contribution in [-0.4, -0.2) is 44.9 Å². The first-order valence-corrected chi connectivity index (χ1v) is 8.46. The Morgan fingerprint density at radius 3 is 2.32 bits per heavy atom. The van der Waals surface area contributed by atoms with E-state index in [-0.39, 0.29) is 30.0 Å². The number of para-hydroxylation sites is 1. The highest BCUT2D eigenvalue weighted by molar-refractivity contribution is 5.98. The molecule has 0 aromatic heterocycles. The lowest BCUT2D eigenvalue weighted by atomic mass is 9.98. The molecule has 1 atom stereocenters. The number of nitrogens with one attached hydrogen (secondary N) is 1. The van der Waals surface area contributed by atoms with Crippen LogP contribution in [0.5, 0.6) is 17.2 Å². The van der Waals surface area contributed by atoms with Gasteiger partial charge in [-0.3, -0.25) is 9.59 Å². The van der Waals surface area contributed by atoms with Gasteiger partial charge in [-0.1, -0.05) is 18.2 Å². The first-order chi connectivity index (χ1) is 13.4. The molecule has 2 rings (SSSR count). The number of carboxylic acids is 1. The molecular weight excluding hydrogens is 369 g/mol. The van der Waals surface area contributed by atoms with E-state index in [0.717, 1.165) is 6.07 Å². The average molecular weight is 391 g/mol. The second kappa shape index (κ2) is 9.59. The van der Waals surface area contributed by atoms with Gasteiger partial charge in [0.1, 0.15) is 17.1 Å². The lowest BCUT2D eigenvalue weighted by Gasteiger charge is -2.17. The van der Waals surface area contributed by atoms with Crippen LogP contribution in [0.4, 0.5) is 4.39 Å². The van der Waals surface area contributed by atoms with E-state index in [9.17, 15) is 19.1 Å². The summed E-state index contributed by atoms with van der Waals surface area (Å²) in [6.07, 6.45) is 0.136. The molecule has 8 heteroatoms. The smallest absolute Gasteiger partial charge is 0.308 e. The van der Waals surface area contributed by atoms with Crippen molar-refractivity contribution < 1.29 is 33.3 Å². The van der Waals surface area contributed by atoms with E-state index < -0.39 is 23.6 Å². The molecule has 0 aliphatic rings. The van der Waals surface area contributed by atoms with Crippen LogP contribution in [0.1, 0.15) is 15.9 Å². The number of carboxylic acid groups (broad SMARTS) is 1. The number of rotatable bonds is 9. The molecule has 0 aliphatic carbocycles. The fraction of sp³-hybridized carbons (Fsp3) is 0.300. The van der Waals surface area contributed by atoms with Crippen molar-refractivity contribution >= 4 is 11.9 Å². The van der Waals surface area contributed by atoms with Crippen molar-refractivity contribution in [2.24, 2.45) is 5.92 Å². The van der Waals surface area contributed by atoms with Crippen LogP contribution in [0.2, 0.25) is 0 Å². The summed E-state index contributed by atoms with van der Waals surface area (Å²) in [7, 11) is 4.15. The fourth-order valence-electron chi connectivity index (χ4n) is 2.80. The normalized spacial score (nSPS) is 11.4. The molecule has 150 valence electrons. The highest BCUT2D eigenvalue weighted by Gasteiger charge is 2.25. The average Bonchev–Trinajstić information content (AvgIpc) is 2.70. The van der Waals surface area contributed by atoms with Crippen molar-refractivity contribution in [1.82, 2.24) is 5.32 Å². The Morgan fingerprint density at radius 2 is 1.71 bits per heavy atom. The zero-order valence-corrected chi connectivity index (χ0v) is 15.8. The van der Waals surface area contributed by atoms with Gasteiger partial charge in [0.05, 0.1) is 27.2 Å². The quantitative estimate of drug-likeness (QED) is 0.682. The molecule has 0 spiro atoms. The van der Waals surface area contributed by atoms with Crippen molar-refractivity contribution in [3.8, 4) is 17.2 Å². The van der Waals surface area contributed by atoms with Crippen molar-refractivity contribution in [2.45, 2.75) is 6.42 Å². The van der Waals surface area contributed by atoms with Gasteiger partial charge in [0.2, 0.25) is 0 Å². The molecule has 0 heterocycles. The number of carbonyl (C=O) groups is 2. The zero-order chi connectivity index (χ0) is 20.7. The van der Waals surface area contributed by atoms with E-state index in [0.29, 0.717) is 11.3 Å². The lowest BCUT2D eigenvalue weighted by molar-refractivity contribution is -0.141. The summed E-state index contributed by atoms with van der Waals surface area (Å²) in [4.78, 5) is 24.1. The third kappa shape index (κ3) is 4.70. The fourth-order valence-corrected chi connectivity index (χ4v) is 2.80. The van der Waals surface area contributed by atoms with Gasteiger partial charge in [0.15, 0.2) is 11.5 Å².